The van der Waals surface area contributed by atoms with Crippen molar-refractivity contribution in [2.75, 3.05) is 7.11 Å². The molecule has 118 valence electrons. The lowest BCUT2D eigenvalue weighted by Gasteiger charge is -2.09. The highest BCUT2D eigenvalue weighted by Gasteiger charge is 2.09. The summed E-state index contributed by atoms with van der Waals surface area (Å²) in [5, 5.41) is 1.16. The van der Waals surface area contributed by atoms with E-state index in [9.17, 15) is 4.79 Å². The van der Waals surface area contributed by atoms with Crippen LogP contribution in [0, 0.1) is 0 Å². The highest BCUT2D eigenvalue weighted by molar-refractivity contribution is 5.83. The van der Waals surface area contributed by atoms with Gasteiger partial charge < -0.3 is 14.5 Å². The number of nitrogens with one attached hydrogen (secondary N) is 1. The molecule has 0 radical (unpaired) electrons. The van der Waals surface area contributed by atoms with E-state index >= 15 is 0 Å². The second kappa shape index (κ2) is 7.01. The largest absolute Gasteiger partial charge is 0.496 e. The number of hydrogen-bond acceptors (Lipinski definition) is 3. The quantitative estimate of drug-likeness (QED) is 0.704. The van der Waals surface area contributed by atoms with Gasteiger partial charge in [0.25, 0.3) is 0 Å². The molecule has 4 heteroatoms. The molecule has 23 heavy (non-hydrogen) atoms. The standard InChI is InChI=1S/C19H19NO3/c1-22-18-9-5-2-6-15(18)13-23-19(21)11-10-14-12-20-17-8-4-3-7-16(14)17/h2-9,12,20H,10-11,13H2,1H3. The molecule has 1 heterocycles. The van der Waals surface area contributed by atoms with Crippen LogP contribution in [0.15, 0.2) is 54.7 Å². The van der Waals surface area contributed by atoms with Gasteiger partial charge in [0.1, 0.15) is 12.4 Å². The zero-order valence-corrected chi connectivity index (χ0v) is 13.0. The van der Waals surface area contributed by atoms with E-state index in [-0.39, 0.29) is 12.6 Å². The summed E-state index contributed by atoms with van der Waals surface area (Å²) in [4.78, 5) is 15.2. The van der Waals surface area contributed by atoms with Gasteiger partial charge in [-0.1, -0.05) is 36.4 Å². The Balaban J connectivity index is 1.56. The van der Waals surface area contributed by atoms with Gasteiger partial charge in [-0.25, -0.2) is 0 Å². The van der Waals surface area contributed by atoms with E-state index in [1.54, 1.807) is 7.11 Å². The van der Waals surface area contributed by atoms with Crippen molar-refractivity contribution in [1.29, 1.82) is 0 Å². The average molecular weight is 309 g/mol. The highest BCUT2D eigenvalue weighted by Crippen LogP contribution is 2.20. The Hall–Kier alpha value is -2.75. The molecular formula is C19H19NO3. The maximum atomic E-state index is 12.0. The number of carbonyl (C=O) groups excluding carboxylic acids is 1. The summed E-state index contributed by atoms with van der Waals surface area (Å²) in [5.41, 5.74) is 3.09. The second-order valence-corrected chi connectivity index (χ2v) is 5.33. The van der Waals surface area contributed by atoms with Gasteiger partial charge in [-0.3, -0.25) is 4.79 Å². The lowest BCUT2D eigenvalue weighted by Crippen LogP contribution is -2.06. The molecule has 0 aliphatic rings. The maximum absolute atomic E-state index is 12.0. The first-order valence-corrected chi connectivity index (χ1v) is 7.60. The Morgan fingerprint density at radius 1 is 1.04 bits per heavy atom. The van der Waals surface area contributed by atoms with Crippen molar-refractivity contribution in [1.82, 2.24) is 4.98 Å². The number of hydrogen-bond donors (Lipinski definition) is 1. The number of esters is 1. The van der Waals surface area contributed by atoms with Crippen LogP contribution in [0.3, 0.4) is 0 Å². The Morgan fingerprint density at radius 2 is 1.83 bits per heavy atom. The van der Waals surface area contributed by atoms with E-state index in [0.29, 0.717) is 12.8 Å². The highest BCUT2D eigenvalue weighted by atomic mass is 16.5. The van der Waals surface area contributed by atoms with Crippen LogP contribution >= 0.6 is 0 Å². The molecule has 2 aromatic carbocycles. The van der Waals surface area contributed by atoms with Crippen LogP contribution in [0.25, 0.3) is 10.9 Å². The summed E-state index contributed by atoms with van der Waals surface area (Å²) in [6, 6.07) is 15.6. The van der Waals surface area contributed by atoms with Crippen LogP contribution in [0.1, 0.15) is 17.5 Å². The fourth-order valence-electron chi connectivity index (χ4n) is 2.63. The van der Waals surface area contributed by atoms with Crippen molar-refractivity contribution >= 4 is 16.9 Å². The number of fused-ring (bicyclic) bond motifs is 1. The fraction of sp³-hybridized carbons (Fsp3) is 0.211. The molecule has 0 fully saturated rings. The number of aromatic amines is 1. The van der Waals surface area contributed by atoms with Crippen LogP contribution in [-0.2, 0) is 22.6 Å². The number of H-pyrrole nitrogens is 1. The smallest absolute Gasteiger partial charge is 0.306 e. The monoisotopic (exact) mass is 309 g/mol. The summed E-state index contributed by atoms with van der Waals surface area (Å²) < 4.78 is 10.6. The first-order valence-electron chi connectivity index (χ1n) is 7.60. The van der Waals surface area contributed by atoms with E-state index in [1.807, 2.05) is 48.7 Å². The molecule has 1 aromatic heterocycles. The normalized spacial score (nSPS) is 10.7. The van der Waals surface area contributed by atoms with Gasteiger partial charge in [0, 0.05) is 29.1 Å². The molecule has 3 rings (SSSR count). The van der Waals surface area contributed by atoms with E-state index in [4.69, 9.17) is 9.47 Å². The number of ether oxygens (including phenoxy) is 2. The molecular weight excluding hydrogens is 290 g/mol. The third-order valence-corrected chi connectivity index (χ3v) is 3.85. The lowest BCUT2D eigenvalue weighted by molar-refractivity contribution is -0.144. The van der Waals surface area contributed by atoms with Crippen LogP contribution in [0.2, 0.25) is 0 Å². The zero-order chi connectivity index (χ0) is 16.1. The van der Waals surface area contributed by atoms with Gasteiger partial charge in [0.05, 0.1) is 7.11 Å². The number of aryl methyl sites for hydroxylation is 1. The van der Waals surface area contributed by atoms with Gasteiger partial charge in [0.2, 0.25) is 0 Å². The third-order valence-electron chi connectivity index (χ3n) is 3.85. The molecule has 4 nitrogen and oxygen atoms in total. The Kier molecular flexibility index (Phi) is 4.62. The van der Waals surface area contributed by atoms with Gasteiger partial charge in [-0.2, -0.15) is 0 Å². The van der Waals surface area contributed by atoms with Crippen molar-refractivity contribution in [3.05, 3.63) is 65.9 Å². The predicted octanol–water partition coefficient (Wildman–Crippen LogP) is 3.85. The molecule has 0 spiro atoms. The molecule has 0 bridgehead atoms. The minimum atomic E-state index is -0.207. The molecule has 1 N–H and O–H groups in total. The van der Waals surface area contributed by atoms with Crippen LogP contribution < -0.4 is 4.74 Å². The number of benzene rings is 2. The van der Waals surface area contributed by atoms with Gasteiger partial charge in [-0.15, -0.1) is 0 Å². The number of carbonyl (C=O) groups is 1. The van der Waals surface area contributed by atoms with Gasteiger partial charge in [0.15, 0.2) is 0 Å². The minimum absolute atomic E-state index is 0.207. The zero-order valence-electron chi connectivity index (χ0n) is 13.0. The second-order valence-electron chi connectivity index (χ2n) is 5.33. The van der Waals surface area contributed by atoms with Crippen LogP contribution in [0.4, 0.5) is 0 Å². The van der Waals surface area contributed by atoms with E-state index < -0.39 is 0 Å². The molecule has 0 atom stereocenters. The van der Waals surface area contributed by atoms with E-state index in [1.165, 1.54) is 0 Å². The number of para-hydroxylation sites is 2. The molecule has 0 amide bonds. The van der Waals surface area contributed by atoms with Crippen molar-refractivity contribution in [2.24, 2.45) is 0 Å². The molecule has 0 saturated carbocycles. The third kappa shape index (κ3) is 3.54. The average Bonchev–Trinajstić information content (AvgIpc) is 3.01. The minimum Gasteiger partial charge on any atom is -0.496 e. The number of aromatic nitrogens is 1. The summed E-state index contributed by atoms with van der Waals surface area (Å²) in [6.07, 6.45) is 2.98. The Morgan fingerprint density at radius 3 is 2.70 bits per heavy atom. The van der Waals surface area contributed by atoms with Crippen molar-refractivity contribution < 1.29 is 14.3 Å². The van der Waals surface area contributed by atoms with E-state index in [0.717, 1.165) is 27.8 Å². The van der Waals surface area contributed by atoms with Crippen LogP contribution in [0.5, 0.6) is 5.75 Å². The van der Waals surface area contributed by atoms with Crippen molar-refractivity contribution in [3.63, 3.8) is 0 Å². The maximum Gasteiger partial charge on any atom is 0.306 e. The van der Waals surface area contributed by atoms with Crippen LogP contribution in [-0.4, -0.2) is 18.1 Å². The summed E-state index contributed by atoms with van der Waals surface area (Å²) in [7, 11) is 1.61. The molecule has 0 aliphatic carbocycles. The number of rotatable bonds is 6. The molecule has 0 aliphatic heterocycles. The lowest BCUT2D eigenvalue weighted by atomic mass is 10.1. The first kappa shape index (κ1) is 15.2. The summed E-state index contributed by atoms with van der Waals surface area (Å²) in [6.45, 7) is 0.233. The SMILES string of the molecule is COc1ccccc1COC(=O)CCc1c[nH]c2ccccc12. The van der Waals surface area contributed by atoms with E-state index in [2.05, 4.69) is 11.1 Å². The molecule has 3 aromatic rings. The molecule has 0 saturated heterocycles. The first-order chi connectivity index (χ1) is 11.3. The topological polar surface area (TPSA) is 51.3 Å². The van der Waals surface area contributed by atoms with Gasteiger partial charge >= 0.3 is 5.97 Å². The summed E-state index contributed by atoms with van der Waals surface area (Å²) in [5.74, 6) is 0.526. The van der Waals surface area contributed by atoms with Crippen molar-refractivity contribution in [3.8, 4) is 5.75 Å². The Bertz CT molecular complexity index is 807. The van der Waals surface area contributed by atoms with Crippen molar-refractivity contribution in [2.45, 2.75) is 19.4 Å². The predicted molar refractivity (Wildman–Crippen MR) is 89.4 cm³/mol. The Labute approximate surface area is 135 Å². The van der Waals surface area contributed by atoms with Gasteiger partial charge in [-0.05, 0) is 24.1 Å². The fourth-order valence-corrected chi connectivity index (χ4v) is 2.63. The number of methoxy groups -OCH3 is 1. The summed E-state index contributed by atoms with van der Waals surface area (Å²) >= 11 is 0. The molecule has 0 unspecified atom stereocenters.